The first-order valence-corrected chi connectivity index (χ1v) is 18.1. The maximum atomic E-state index is 14.7. The lowest BCUT2D eigenvalue weighted by molar-refractivity contribution is -0.158. The predicted molar refractivity (Wildman–Crippen MR) is 201 cm³/mol. The summed E-state index contributed by atoms with van der Waals surface area (Å²) in [5.41, 5.74) is 4.31. The van der Waals surface area contributed by atoms with Gasteiger partial charge in [-0.2, -0.15) is 0 Å². The summed E-state index contributed by atoms with van der Waals surface area (Å²) in [5.74, 6) is -3.30. The smallest absolute Gasteiger partial charge is 0.409 e. The number of hydrogen-bond acceptors (Lipinski definition) is 11. The Hall–Kier alpha value is -4.70. The maximum absolute atomic E-state index is 14.7. The highest BCUT2D eigenvalue weighted by molar-refractivity contribution is 6.35. The summed E-state index contributed by atoms with van der Waals surface area (Å²) in [6.45, 7) is 6.72. The Morgan fingerprint density at radius 1 is 1.22 bits per heavy atom. The summed E-state index contributed by atoms with van der Waals surface area (Å²) in [7, 11) is 5.73. The number of nitrogens with two attached hydrogens (primary N) is 1. The lowest BCUT2D eigenvalue weighted by Gasteiger charge is -2.42. The molecule has 4 bridgehead atoms. The van der Waals surface area contributed by atoms with E-state index in [1.54, 1.807) is 38.1 Å². The van der Waals surface area contributed by atoms with Crippen molar-refractivity contribution in [3.8, 4) is 5.75 Å². The molecule has 2 fully saturated rings. The van der Waals surface area contributed by atoms with Crippen molar-refractivity contribution in [1.29, 1.82) is 0 Å². The van der Waals surface area contributed by atoms with Crippen LogP contribution in [0.2, 0.25) is 5.02 Å². The maximum Gasteiger partial charge on any atom is 0.409 e. The average Bonchev–Trinajstić information content (AvgIpc) is 3.83. The molecule has 4 N–H and O–H groups in total. The number of alkyl carbamates (subject to hydrolysis) is 1. The summed E-state index contributed by atoms with van der Waals surface area (Å²) in [5, 5.41) is 14.4. The van der Waals surface area contributed by atoms with Gasteiger partial charge in [0.25, 0.3) is 5.91 Å². The lowest BCUT2D eigenvalue weighted by atomic mass is 9.83. The highest BCUT2D eigenvalue weighted by Crippen LogP contribution is 2.49. The molecule has 5 rings (SSSR count). The number of allylic oxidation sites excluding steroid dienone is 3. The van der Waals surface area contributed by atoms with Gasteiger partial charge < -0.3 is 44.3 Å². The van der Waals surface area contributed by atoms with Gasteiger partial charge in [0, 0.05) is 39.2 Å². The molecule has 2 aromatic rings. The van der Waals surface area contributed by atoms with E-state index in [4.69, 9.17) is 41.0 Å². The number of nitrogen functional groups attached to an aromatic ring is 1. The summed E-state index contributed by atoms with van der Waals surface area (Å²) in [4.78, 5) is 56.5. The summed E-state index contributed by atoms with van der Waals surface area (Å²) < 4.78 is 43.7. The number of epoxide rings is 1. The molecule has 0 unspecified atom stereocenters. The second-order valence-electron chi connectivity index (χ2n) is 14.6. The number of esters is 1. The number of amides is 3. The number of fused-ring (bicyclic) bond motifs is 5. The number of hydrogen-bond donors (Lipinski definition) is 3. The van der Waals surface area contributed by atoms with Crippen molar-refractivity contribution in [2.45, 2.75) is 88.7 Å². The van der Waals surface area contributed by atoms with Crippen LogP contribution in [0.15, 0.2) is 54.1 Å². The van der Waals surface area contributed by atoms with Gasteiger partial charge in [-0.25, -0.2) is 14.0 Å². The molecule has 0 spiro atoms. The second-order valence-corrected chi connectivity index (χ2v) is 14.9. The molecule has 16 heteroatoms. The monoisotopic (exact) mass is 786 g/mol. The SMILES string of the molecule is COc1cc2cc(c1Cl)N(C)C(=O)C[C@H](OC(=O)[C@H](C)N(C)C(=O)c1ccc(N)cc1F)[C@]1(C)O[C@H]1[C@H](C)[C@@H]1C[C@@](O)(NC(=O)O1)[C@H](OC)/C=C/C=C(\C)C2. The van der Waals surface area contributed by atoms with E-state index in [0.29, 0.717) is 17.9 Å². The molecule has 0 aromatic heterocycles. The summed E-state index contributed by atoms with van der Waals surface area (Å²) in [6, 6.07) is 5.88. The number of benzene rings is 2. The van der Waals surface area contributed by atoms with Crippen LogP contribution in [-0.4, -0.2) is 104 Å². The fraction of sp³-hybridized carbons (Fsp3) is 0.487. The van der Waals surface area contributed by atoms with Crippen LogP contribution in [0.3, 0.4) is 0 Å². The topological polar surface area (TPSA) is 182 Å². The minimum atomic E-state index is -1.87. The third kappa shape index (κ3) is 8.59. The Bertz CT molecular complexity index is 1910. The zero-order valence-electron chi connectivity index (χ0n) is 32.1. The zero-order valence-corrected chi connectivity index (χ0v) is 32.8. The Balaban J connectivity index is 1.52. The molecule has 3 aliphatic rings. The number of carbonyl (C=O) groups excluding carboxylic acids is 4. The zero-order chi connectivity index (χ0) is 40.6. The molecule has 14 nitrogen and oxygen atoms in total. The van der Waals surface area contributed by atoms with Gasteiger partial charge in [-0.05, 0) is 63.1 Å². The van der Waals surface area contributed by atoms with Crippen LogP contribution < -0.4 is 20.7 Å². The molecule has 298 valence electrons. The van der Waals surface area contributed by atoms with E-state index < -0.39 is 83.8 Å². The first-order valence-electron chi connectivity index (χ1n) is 17.7. The normalized spacial score (nSPS) is 30.4. The third-order valence-electron chi connectivity index (χ3n) is 10.7. The number of ether oxygens (including phenoxy) is 5. The summed E-state index contributed by atoms with van der Waals surface area (Å²) >= 11 is 6.75. The fourth-order valence-corrected chi connectivity index (χ4v) is 7.39. The van der Waals surface area contributed by atoms with Crippen molar-refractivity contribution in [2.24, 2.45) is 5.92 Å². The van der Waals surface area contributed by atoms with E-state index in [2.05, 4.69) is 5.32 Å². The number of nitrogens with zero attached hydrogens (tertiary/aromatic N) is 2. The lowest BCUT2D eigenvalue weighted by Crippen LogP contribution is -2.63. The van der Waals surface area contributed by atoms with Crippen molar-refractivity contribution in [2.75, 3.05) is 38.9 Å². The van der Waals surface area contributed by atoms with E-state index in [-0.39, 0.29) is 22.7 Å². The molecule has 8 atom stereocenters. The van der Waals surface area contributed by atoms with Crippen LogP contribution in [0.1, 0.15) is 56.5 Å². The molecular weight excluding hydrogens is 739 g/mol. The van der Waals surface area contributed by atoms with Crippen molar-refractivity contribution < 1.29 is 52.4 Å². The number of rotatable bonds is 6. The van der Waals surface area contributed by atoms with Crippen LogP contribution in [-0.2, 0) is 35.0 Å². The van der Waals surface area contributed by atoms with E-state index in [9.17, 15) is 28.7 Å². The molecular formula is C39H48ClFN4O10. The molecule has 3 heterocycles. The Morgan fingerprint density at radius 2 is 1.93 bits per heavy atom. The van der Waals surface area contributed by atoms with Gasteiger partial charge in [-0.3, -0.25) is 14.9 Å². The van der Waals surface area contributed by atoms with Gasteiger partial charge in [0.15, 0.2) is 5.72 Å². The van der Waals surface area contributed by atoms with E-state index >= 15 is 0 Å². The van der Waals surface area contributed by atoms with Gasteiger partial charge in [0.2, 0.25) is 5.91 Å². The minimum Gasteiger partial charge on any atom is -0.495 e. The Morgan fingerprint density at radius 3 is 2.58 bits per heavy atom. The highest BCUT2D eigenvalue weighted by atomic mass is 35.5. The van der Waals surface area contributed by atoms with Gasteiger partial charge in [-0.1, -0.05) is 42.3 Å². The molecule has 3 amide bonds. The summed E-state index contributed by atoms with van der Waals surface area (Å²) in [6.07, 6.45) is 0.398. The van der Waals surface area contributed by atoms with Crippen LogP contribution in [0.5, 0.6) is 5.75 Å². The van der Waals surface area contributed by atoms with Gasteiger partial charge in [0.05, 0.1) is 30.9 Å². The van der Waals surface area contributed by atoms with Gasteiger partial charge >= 0.3 is 12.1 Å². The van der Waals surface area contributed by atoms with Crippen molar-refractivity contribution in [3.63, 3.8) is 0 Å². The number of halogens is 2. The van der Waals surface area contributed by atoms with E-state index in [0.717, 1.165) is 22.1 Å². The quantitative estimate of drug-likeness (QED) is 0.212. The van der Waals surface area contributed by atoms with Crippen LogP contribution in [0.25, 0.3) is 0 Å². The number of likely N-dealkylation sites (N-methyl/N-ethyl adjacent to an activating group) is 1. The molecule has 0 saturated carbocycles. The number of aliphatic hydroxyl groups is 1. The molecule has 0 aliphatic carbocycles. The van der Waals surface area contributed by atoms with E-state index in [1.807, 2.05) is 13.0 Å². The molecule has 55 heavy (non-hydrogen) atoms. The van der Waals surface area contributed by atoms with Gasteiger partial charge in [-0.15, -0.1) is 0 Å². The van der Waals surface area contributed by atoms with Crippen molar-refractivity contribution >= 4 is 46.9 Å². The number of anilines is 2. The van der Waals surface area contributed by atoms with Crippen molar-refractivity contribution in [1.82, 2.24) is 10.2 Å². The number of methoxy groups -OCH3 is 2. The molecule has 0 radical (unpaired) electrons. The number of nitrogens with one attached hydrogen (secondary N) is 1. The largest absolute Gasteiger partial charge is 0.495 e. The first-order chi connectivity index (χ1) is 25.8. The minimum absolute atomic E-state index is 0.0940. The highest BCUT2D eigenvalue weighted by Gasteiger charge is 2.64. The fourth-order valence-electron chi connectivity index (χ4n) is 7.07. The third-order valence-corrected chi connectivity index (χ3v) is 11.1. The van der Waals surface area contributed by atoms with Crippen LogP contribution in [0.4, 0.5) is 20.6 Å². The van der Waals surface area contributed by atoms with Crippen molar-refractivity contribution in [3.05, 3.63) is 76.1 Å². The second kappa shape index (κ2) is 16.2. The molecule has 3 aliphatic heterocycles. The van der Waals surface area contributed by atoms with E-state index in [1.165, 1.54) is 52.3 Å². The first kappa shape index (κ1) is 41.5. The standard InChI is InChI=1S/C39H48ClFN4O10/c1-20-10-9-11-30(52-8)39(50)19-29(53-37(49)43-39)21(2)34-38(4,55-34)31(18-32(46)45(6)27-15-23(14-20)16-28(51-7)33(27)40)54-36(48)22(3)44(5)35(47)25-13-12-24(42)17-26(25)41/h9-13,15-17,21-22,29-31,34,50H,14,18-19,42H2,1-8H3,(H,43,49)/b11-9+,20-10+/t21-,22+,29+,30-,31+,34+,38+,39+/m1/s1. The van der Waals surface area contributed by atoms with Crippen LogP contribution in [0, 0.1) is 11.7 Å². The molecule has 2 saturated heterocycles. The van der Waals surface area contributed by atoms with Crippen LogP contribution >= 0.6 is 11.6 Å². The predicted octanol–water partition coefficient (Wildman–Crippen LogP) is 4.55. The Labute approximate surface area is 324 Å². The van der Waals surface area contributed by atoms with Gasteiger partial charge in [0.1, 0.15) is 46.5 Å². The molecule has 2 aromatic carbocycles. The Kier molecular flexibility index (Phi) is 12.2. The number of carbonyl (C=O) groups is 4. The average molecular weight is 787 g/mol.